The summed E-state index contributed by atoms with van der Waals surface area (Å²) in [6, 6.07) is 0. The third-order valence-corrected chi connectivity index (χ3v) is 4.46. The van der Waals surface area contributed by atoms with Crippen LogP contribution in [0.15, 0.2) is 0 Å². The van der Waals surface area contributed by atoms with Crippen molar-refractivity contribution in [3.63, 3.8) is 0 Å². The maximum absolute atomic E-state index is 11.5. The Labute approximate surface area is 148 Å². The molecule has 0 amide bonds. The van der Waals surface area contributed by atoms with Crippen LogP contribution >= 0.6 is 0 Å². The van der Waals surface area contributed by atoms with Crippen molar-refractivity contribution in [2.75, 3.05) is 13.2 Å². The first-order valence-electron chi connectivity index (χ1n) is 9.80. The van der Waals surface area contributed by atoms with Gasteiger partial charge in [0.2, 0.25) is 0 Å². The summed E-state index contributed by atoms with van der Waals surface area (Å²) in [5.74, 6) is 0.760. The van der Waals surface area contributed by atoms with Crippen LogP contribution in [0, 0.1) is 11.8 Å². The van der Waals surface area contributed by atoms with E-state index >= 15 is 0 Å². The van der Waals surface area contributed by atoms with Crippen LogP contribution in [0.25, 0.3) is 0 Å². The molecule has 0 heterocycles. The lowest BCUT2D eigenvalue weighted by molar-refractivity contribution is -0.146. The lowest BCUT2D eigenvalue weighted by atomic mass is 10.1. The molecule has 0 rings (SSSR count). The predicted octanol–water partition coefficient (Wildman–Crippen LogP) is 5.29. The van der Waals surface area contributed by atoms with E-state index in [4.69, 9.17) is 9.47 Å². The van der Waals surface area contributed by atoms with Gasteiger partial charge in [0.1, 0.15) is 0 Å². The molecule has 0 saturated heterocycles. The molecule has 0 saturated carbocycles. The standard InChI is InChI=1S/C20H38O4/c1-5-17(3)15-23-19(21)13-11-9-7-8-10-12-14-20(22)24-16-18(4)6-2/h17-18H,5-16H2,1-4H3. The zero-order valence-electron chi connectivity index (χ0n) is 16.3. The fourth-order valence-electron chi connectivity index (χ4n) is 2.10. The highest BCUT2D eigenvalue weighted by atomic mass is 16.5. The van der Waals surface area contributed by atoms with Gasteiger partial charge in [0.15, 0.2) is 0 Å². The van der Waals surface area contributed by atoms with Gasteiger partial charge < -0.3 is 9.47 Å². The molecular weight excluding hydrogens is 304 g/mol. The molecule has 2 unspecified atom stereocenters. The van der Waals surface area contributed by atoms with Crippen molar-refractivity contribution in [3.8, 4) is 0 Å². The third kappa shape index (κ3) is 14.5. The summed E-state index contributed by atoms with van der Waals surface area (Å²) in [5.41, 5.74) is 0. The van der Waals surface area contributed by atoms with Crippen LogP contribution in [0.2, 0.25) is 0 Å². The van der Waals surface area contributed by atoms with E-state index in [0.29, 0.717) is 37.9 Å². The van der Waals surface area contributed by atoms with Gasteiger partial charge >= 0.3 is 11.9 Å². The number of hydrogen-bond donors (Lipinski definition) is 0. The molecular formula is C20H38O4. The van der Waals surface area contributed by atoms with Gasteiger partial charge in [-0.25, -0.2) is 0 Å². The number of rotatable bonds is 15. The summed E-state index contributed by atoms with van der Waals surface area (Å²) in [7, 11) is 0. The molecule has 0 radical (unpaired) electrons. The monoisotopic (exact) mass is 342 g/mol. The minimum Gasteiger partial charge on any atom is -0.465 e. The van der Waals surface area contributed by atoms with Gasteiger partial charge in [-0.1, -0.05) is 66.2 Å². The zero-order chi connectivity index (χ0) is 18.2. The van der Waals surface area contributed by atoms with E-state index in [2.05, 4.69) is 27.7 Å². The maximum atomic E-state index is 11.5. The Bertz CT molecular complexity index is 296. The van der Waals surface area contributed by atoms with E-state index in [0.717, 1.165) is 51.4 Å². The first-order chi connectivity index (χ1) is 11.5. The summed E-state index contributed by atoms with van der Waals surface area (Å²) in [6.45, 7) is 9.47. The highest BCUT2D eigenvalue weighted by Crippen LogP contribution is 2.11. The average molecular weight is 343 g/mol. The van der Waals surface area contributed by atoms with Gasteiger partial charge in [-0.05, 0) is 24.7 Å². The summed E-state index contributed by atoms with van der Waals surface area (Å²) in [6.07, 6.45) is 9.26. The lowest BCUT2D eigenvalue weighted by Crippen LogP contribution is -2.11. The van der Waals surface area contributed by atoms with Gasteiger partial charge in [-0.15, -0.1) is 0 Å². The Morgan fingerprint density at radius 2 is 1.00 bits per heavy atom. The third-order valence-electron chi connectivity index (χ3n) is 4.46. The van der Waals surface area contributed by atoms with Crippen LogP contribution in [-0.2, 0) is 19.1 Å². The first-order valence-corrected chi connectivity index (χ1v) is 9.80. The van der Waals surface area contributed by atoms with Crippen molar-refractivity contribution in [2.24, 2.45) is 11.8 Å². The molecule has 0 fully saturated rings. The Hall–Kier alpha value is -1.06. The van der Waals surface area contributed by atoms with Crippen molar-refractivity contribution >= 4 is 11.9 Å². The van der Waals surface area contributed by atoms with Crippen LogP contribution in [0.4, 0.5) is 0 Å². The molecule has 0 aromatic rings. The fraction of sp³-hybridized carbons (Fsp3) is 0.900. The molecule has 0 aliphatic carbocycles. The summed E-state index contributed by atoms with van der Waals surface area (Å²) in [4.78, 5) is 23.1. The van der Waals surface area contributed by atoms with Crippen LogP contribution in [0.1, 0.15) is 91.9 Å². The minimum absolute atomic E-state index is 0.0700. The SMILES string of the molecule is CCC(C)COC(=O)CCCCCCCCC(=O)OCC(C)CC. The van der Waals surface area contributed by atoms with Gasteiger partial charge in [0, 0.05) is 12.8 Å². The van der Waals surface area contributed by atoms with E-state index in [9.17, 15) is 9.59 Å². The van der Waals surface area contributed by atoms with Gasteiger partial charge in [-0.3, -0.25) is 9.59 Å². The van der Waals surface area contributed by atoms with Gasteiger partial charge in [-0.2, -0.15) is 0 Å². The molecule has 0 aliphatic rings. The van der Waals surface area contributed by atoms with Gasteiger partial charge in [0.25, 0.3) is 0 Å². The van der Waals surface area contributed by atoms with Crippen LogP contribution < -0.4 is 0 Å². The number of carbonyl (C=O) groups excluding carboxylic acids is 2. The molecule has 24 heavy (non-hydrogen) atoms. The predicted molar refractivity (Wildman–Crippen MR) is 97.8 cm³/mol. The van der Waals surface area contributed by atoms with E-state index in [-0.39, 0.29) is 11.9 Å². The van der Waals surface area contributed by atoms with E-state index in [1.54, 1.807) is 0 Å². The highest BCUT2D eigenvalue weighted by Gasteiger charge is 2.07. The molecule has 4 nitrogen and oxygen atoms in total. The molecule has 0 spiro atoms. The summed E-state index contributed by atoms with van der Waals surface area (Å²) < 4.78 is 10.4. The van der Waals surface area contributed by atoms with Crippen molar-refractivity contribution in [2.45, 2.75) is 91.9 Å². The second-order valence-corrected chi connectivity index (χ2v) is 7.01. The molecule has 0 aliphatic heterocycles. The quantitative estimate of drug-likeness (QED) is 0.300. The zero-order valence-corrected chi connectivity index (χ0v) is 16.3. The first kappa shape index (κ1) is 22.9. The second kappa shape index (κ2) is 15.5. The number of carbonyl (C=O) groups is 2. The van der Waals surface area contributed by atoms with E-state index in [1.165, 1.54) is 0 Å². The van der Waals surface area contributed by atoms with Crippen LogP contribution in [-0.4, -0.2) is 25.2 Å². The minimum atomic E-state index is -0.0700. The summed E-state index contributed by atoms with van der Waals surface area (Å²) >= 11 is 0. The number of ether oxygens (including phenoxy) is 2. The Morgan fingerprint density at radius 3 is 1.33 bits per heavy atom. The van der Waals surface area contributed by atoms with Crippen LogP contribution in [0.3, 0.4) is 0 Å². The van der Waals surface area contributed by atoms with Crippen molar-refractivity contribution in [1.82, 2.24) is 0 Å². The van der Waals surface area contributed by atoms with Crippen molar-refractivity contribution < 1.29 is 19.1 Å². The number of unbranched alkanes of at least 4 members (excludes halogenated alkanes) is 5. The Morgan fingerprint density at radius 1 is 0.667 bits per heavy atom. The van der Waals surface area contributed by atoms with Crippen LogP contribution in [0.5, 0.6) is 0 Å². The highest BCUT2D eigenvalue weighted by molar-refractivity contribution is 5.69. The molecule has 2 atom stereocenters. The van der Waals surface area contributed by atoms with Gasteiger partial charge in [0.05, 0.1) is 13.2 Å². The molecule has 4 heteroatoms. The molecule has 0 N–H and O–H groups in total. The molecule has 0 aromatic carbocycles. The summed E-state index contributed by atoms with van der Waals surface area (Å²) in [5, 5.41) is 0. The topological polar surface area (TPSA) is 52.6 Å². The van der Waals surface area contributed by atoms with E-state index < -0.39 is 0 Å². The smallest absolute Gasteiger partial charge is 0.305 e. The Kier molecular flexibility index (Phi) is 14.8. The average Bonchev–Trinajstić information content (AvgIpc) is 2.59. The maximum Gasteiger partial charge on any atom is 0.305 e. The van der Waals surface area contributed by atoms with E-state index in [1.807, 2.05) is 0 Å². The molecule has 142 valence electrons. The number of esters is 2. The second-order valence-electron chi connectivity index (χ2n) is 7.01. The number of hydrogen-bond acceptors (Lipinski definition) is 4. The van der Waals surface area contributed by atoms with Crippen molar-refractivity contribution in [1.29, 1.82) is 0 Å². The Balaban J connectivity index is 3.36. The normalized spacial score (nSPS) is 13.3. The lowest BCUT2D eigenvalue weighted by Gasteiger charge is -2.09. The molecule has 0 aromatic heterocycles. The van der Waals surface area contributed by atoms with Crippen molar-refractivity contribution in [3.05, 3.63) is 0 Å². The molecule has 0 bridgehead atoms. The largest absolute Gasteiger partial charge is 0.465 e. The fourth-order valence-corrected chi connectivity index (χ4v) is 2.10.